The molecule has 0 amide bonds. The van der Waals surface area contributed by atoms with Gasteiger partial charge in [-0.1, -0.05) is 75.2 Å². The van der Waals surface area contributed by atoms with E-state index in [9.17, 15) is 0 Å². The second kappa shape index (κ2) is 7.05. The summed E-state index contributed by atoms with van der Waals surface area (Å²) in [5.74, 6) is 4.20. The Balaban J connectivity index is 3.20. The first kappa shape index (κ1) is 19.0. The summed E-state index contributed by atoms with van der Waals surface area (Å²) in [5, 5.41) is 0. The molecule has 1 aliphatic carbocycles. The van der Waals surface area contributed by atoms with E-state index < -0.39 is 0 Å². The van der Waals surface area contributed by atoms with Crippen molar-refractivity contribution in [1.29, 1.82) is 0 Å². The van der Waals surface area contributed by atoms with E-state index in [-0.39, 0.29) is 0 Å². The van der Waals surface area contributed by atoms with Crippen molar-refractivity contribution >= 4 is 0 Å². The largest absolute Gasteiger partial charge is 0.0654 e. The van der Waals surface area contributed by atoms with E-state index in [4.69, 9.17) is 0 Å². The number of hydrogen-bond donors (Lipinski definition) is 0. The minimum absolute atomic E-state index is 0.469. The van der Waals surface area contributed by atoms with Gasteiger partial charge in [-0.15, -0.1) is 0 Å². The molecular formula is C21H42. The molecule has 0 heteroatoms. The van der Waals surface area contributed by atoms with Gasteiger partial charge >= 0.3 is 0 Å². The second-order valence-corrected chi connectivity index (χ2v) is 9.24. The van der Waals surface area contributed by atoms with Crippen molar-refractivity contribution in [3.8, 4) is 0 Å². The van der Waals surface area contributed by atoms with Crippen LogP contribution in [-0.4, -0.2) is 0 Å². The van der Waals surface area contributed by atoms with Gasteiger partial charge in [0.2, 0.25) is 0 Å². The van der Waals surface area contributed by atoms with Gasteiger partial charge in [-0.3, -0.25) is 0 Å². The molecule has 1 saturated carbocycles. The first-order valence-corrected chi connectivity index (χ1v) is 9.61. The molecule has 1 aliphatic rings. The molecule has 6 atom stereocenters. The molecule has 6 unspecified atom stereocenters. The Morgan fingerprint density at radius 1 is 0.857 bits per heavy atom. The summed E-state index contributed by atoms with van der Waals surface area (Å²) in [4.78, 5) is 0. The highest BCUT2D eigenvalue weighted by atomic mass is 14.5. The Morgan fingerprint density at radius 3 is 1.90 bits per heavy atom. The maximum atomic E-state index is 2.59. The highest BCUT2D eigenvalue weighted by Gasteiger charge is 2.47. The first-order chi connectivity index (χ1) is 9.61. The zero-order chi connectivity index (χ0) is 16.4. The Hall–Kier alpha value is 0. The molecule has 0 N–H and O–H groups in total. The summed E-state index contributed by atoms with van der Waals surface area (Å²) in [6, 6.07) is 0. The summed E-state index contributed by atoms with van der Waals surface area (Å²) in [7, 11) is 0. The van der Waals surface area contributed by atoms with Crippen LogP contribution in [0.1, 0.15) is 94.4 Å². The minimum Gasteiger partial charge on any atom is -0.0654 e. The molecule has 0 bridgehead atoms. The fourth-order valence-corrected chi connectivity index (χ4v) is 5.75. The maximum absolute atomic E-state index is 2.59. The molecule has 0 aromatic heterocycles. The fourth-order valence-electron chi connectivity index (χ4n) is 5.75. The van der Waals surface area contributed by atoms with E-state index in [0.29, 0.717) is 10.8 Å². The van der Waals surface area contributed by atoms with Crippen LogP contribution < -0.4 is 0 Å². The van der Waals surface area contributed by atoms with Gasteiger partial charge in [0, 0.05) is 0 Å². The minimum atomic E-state index is 0.469. The predicted octanol–water partition coefficient (Wildman–Crippen LogP) is 7.18. The van der Waals surface area contributed by atoms with Gasteiger partial charge in [0.25, 0.3) is 0 Å². The van der Waals surface area contributed by atoms with Gasteiger partial charge in [0.15, 0.2) is 0 Å². The number of hydrogen-bond acceptors (Lipinski definition) is 0. The third kappa shape index (κ3) is 3.67. The van der Waals surface area contributed by atoms with Crippen LogP contribution in [-0.2, 0) is 0 Å². The highest BCUT2D eigenvalue weighted by molar-refractivity contribution is 4.97. The van der Waals surface area contributed by atoms with E-state index in [1.807, 2.05) is 0 Å². The molecule has 0 saturated heterocycles. The highest BCUT2D eigenvalue weighted by Crippen LogP contribution is 2.55. The fraction of sp³-hybridized carbons (Fsp3) is 1.00. The summed E-state index contributed by atoms with van der Waals surface area (Å²) >= 11 is 0. The number of rotatable bonds is 4. The normalized spacial score (nSPS) is 44.1. The van der Waals surface area contributed by atoms with Crippen molar-refractivity contribution in [2.24, 2.45) is 40.4 Å². The molecule has 1 fully saturated rings. The van der Waals surface area contributed by atoms with Crippen molar-refractivity contribution < 1.29 is 0 Å². The van der Waals surface area contributed by atoms with Crippen LogP contribution in [0.4, 0.5) is 0 Å². The monoisotopic (exact) mass is 294 g/mol. The molecule has 126 valence electrons. The van der Waals surface area contributed by atoms with Crippen LogP contribution in [0.3, 0.4) is 0 Å². The third-order valence-electron chi connectivity index (χ3n) is 7.70. The summed E-state index contributed by atoms with van der Waals surface area (Å²) in [6.45, 7) is 22.6. The molecule has 0 aromatic rings. The lowest BCUT2D eigenvalue weighted by molar-refractivity contribution is -0.0494. The summed E-state index contributed by atoms with van der Waals surface area (Å²) < 4.78 is 0. The molecule has 0 radical (unpaired) electrons. The standard InChI is InChI=1S/C21H42/c1-10-12-19-15(3)14-21(9,13-11-2)18(6)16(4)17(5)20(19,7)8/h15-19H,10-14H2,1-9H3. The quantitative estimate of drug-likeness (QED) is 0.515. The average Bonchev–Trinajstić information content (AvgIpc) is 2.41. The van der Waals surface area contributed by atoms with E-state index in [0.717, 1.165) is 29.6 Å². The van der Waals surface area contributed by atoms with E-state index in [2.05, 4.69) is 62.3 Å². The molecule has 0 nitrogen and oxygen atoms in total. The summed E-state index contributed by atoms with van der Waals surface area (Å²) in [6.07, 6.45) is 6.89. The van der Waals surface area contributed by atoms with Gasteiger partial charge in [-0.2, -0.15) is 0 Å². The molecule has 21 heavy (non-hydrogen) atoms. The Morgan fingerprint density at radius 2 is 1.43 bits per heavy atom. The molecule has 1 rings (SSSR count). The lowest BCUT2D eigenvalue weighted by atomic mass is 9.51. The van der Waals surface area contributed by atoms with Crippen LogP contribution >= 0.6 is 0 Å². The average molecular weight is 295 g/mol. The van der Waals surface area contributed by atoms with Crippen molar-refractivity contribution in [3.63, 3.8) is 0 Å². The molecule has 0 aromatic carbocycles. The third-order valence-corrected chi connectivity index (χ3v) is 7.70. The van der Waals surface area contributed by atoms with Gasteiger partial charge in [0.05, 0.1) is 0 Å². The smallest absolute Gasteiger partial charge is 0.0295 e. The Bertz CT molecular complexity index is 316. The molecule has 0 aliphatic heterocycles. The van der Waals surface area contributed by atoms with Crippen molar-refractivity contribution in [2.45, 2.75) is 94.4 Å². The maximum Gasteiger partial charge on any atom is -0.0295 e. The van der Waals surface area contributed by atoms with E-state index in [1.54, 1.807) is 0 Å². The van der Waals surface area contributed by atoms with Crippen LogP contribution in [0, 0.1) is 40.4 Å². The lowest BCUT2D eigenvalue weighted by Gasteiger charge is -2.54. The lowest BCUT2D eigenvalue weighted by Crippen LogP contribution is -2.46. The predicted molar refractivity (Wildman–Crippen MR) is 96.5 cm³/mol. The first-order valence-electron chi connectivity index (χ1n) is 9.61. The van der Waals surface area contributed by atoms with Crippen LogP contribution in [0.25, 0.3) is 0 Å². The zero-order valence-electron chi connectivity index (χ0n) is 16.4. The van der Waals surface area contributed by atoms with Gasteiger partial charge in [-0.05, 0) is 59.7 Å². The van der Waals surface area contributed by atoms with Crippen molar-refractivity contribution in [2.75, 3.05) is 0 Å². The zero-order valence-corrected chi connectivity index (χ0v) is 16.4. The summed E-state index contributed by atoms with van der Waals surface area (Å²) in [5.41, 5.74) is 1.00. The topological polar surface area (TPSA) is 0 Å². The van der Waals surface area contributed by atoms with Crippen LogP contribution in [0.15, 0.2) is 0 Å². The Labute approximate surface area is 135 Å². The SMILES string of the molecule is CCCC1C(C)CC(C)(CCC)C(C)C(C)C(C)C1(C)C. The van der Waals surface area contributed by atoms with E-state index in [1.165, 1.54) is 32.1 Å². The van der Waals surface area contributed by atoms with Crippen LogP contribution in [0.5, 0.6) is 0 Å². The molecule has 0 heterocycles. The van der Waals surface area contributed by atoms with Gasteiger partial charge < -0.3 is 0 Å². The molecular weight excluding hydrogens is 252 g/mol. The Kier molecular flexibility index (Phi) is 6.40. The van der Waals surface area contributed by atoms with Crippen molar-refractivity contribution in [1.82, 2.24) is 0 Å². The molecule has 0 spiro atoms. The van der Waals surface area contributed by atoms with Crippen molar-refractivity contribution in [3.05, 3.63) is 0 Å². The van der Waals surface area contributed by atoms with Gasteiger partial charge in [-0.25, -0.2) is 0 Å². The van der Waals surface area contributed by atoms with Crippen LogP contribution in [0.2, 0.25) is 0 Å². The second-order valence-electron chi connectivity index (χ2n) is 9.24. The van der Waals surface area contributed by atoms with E-state index >= 15 is 0 Å². The van der Waals surface area contributed by atoms with Gasteiger partial charge in [0.1, 0.15) is 0 Å².